The maximum absolute atomic E-state index is 3.44. The van der Waals surface area contributed by atoms with Crippen LogP contribution in [0.25, 0.3) is 0 Å². The Kier molecular flexibility index (Phi) is 9.46. The van der Waals surface area contributed by atoms with Crippen molar-refractivity contribution in [3.63, 3.8) is 0 Å². The normalized spacial score (nSPS) is 19.7. The molecule has 159 valence electrons. The van der Waals surface area contributed by atoms with Crippen molar-refractivity contribution in [2.24, 2.45) is 5.41 Å². The second-order valence-corrected chi connectivity index (χ2v) is 11.1. The second-order valence-electron chi connectivity index (χ2n) is 8.60. The Balaban J connectivity index is 0.000000249. The summed E-state index contributed by atoms with van der Waals surface area (Å²) in [5, 5.41) is 3.04. The zero-order valence-corrected chi connectivity index (χ0v) is 21.6. The van der Waals surface area contributed by atoms with Gasteiger partial charge in [0.25, 0.3) is 0 Å². The van der Waals surface area contributed by atoms with Crippen molar-refractivity contribution in [1.82, 2.24) is 0 Å². The molecule has 0 aromatic heterocycles. The summed E-state index contributed by atoms with van der Waals surface area (Å²) in [5.41, 5.74) is 5.19. The van der Waals surface area contributed by atoms with E-state index in [0.717, 1.165) is 5.66 Å². The van der Waals surface area contributed by atoms with Gasteiger partial charge < -0.3 is 0 Å². The molecule has 1 radical (unpaired) electrons. The summed E-state index contributed by atoms with van der Waals surface area (Å²) in [6, 6.07) is 22.1. The monoisotopic (exact) mass is 503 g/mol. The average Bonchev–Trinajstić information content (AvgIpc) is 2.92. The third-order valence-electron chi connectivity index (χ3n) is 6.24. The van der Waals surface area contributed by atoms with E-state index in [1.165, 1.54) is 46.6 Å². The molecule has 30 heavy (non-hydrogen) atoms. The maximum Gasteiger partial charge on any atom is 1.00 e. The van der Waals surface area contributed by atoms with E-state index in [0.29, 0.717) is 0 Å². The summed E-state index contributed by atoms with van der Waals surface area (Å²) in [6.45, 7) is 10.9. The first-order valence-electron chi connectivity index (χ1n) is 10.7. The topological polar surface area (TPSA) is 0 Å². The quantitative estimate of drug-likeness (QED) is 0.178. The predicted octanol–water partition coefficient (Wildman–Crippen LogP) is 7.34. The van der Waals surface area contributed by atoms with E-state index in [2.05, 4.69) is 114 Å². The van der Waals surface area contributed by atoms with Crippen LogP contribution in [0.5, 0.6) is 0 Å². The van der Waals surface area contributed by atoms with E-state index in [4.69, 9.17) is 0 Å². The SMILES string of the molecule is C1=CCC(P(c2ccccc2)c2ccccc2)CC1.CC1=[C-]C(C)(C)C(C)=C1C.[Ru+]. The molecule has 0 aliphatic heterocycles. The van der Waals surface area contributed by atoms with Crippen LogP contribution in [0.15, 0.2) is 89.5 Å². The van der Waals surface area contributed by atoms with Gasteiger partial charge in [-0.25, -0.2) is 5.57 Å². The number of hydrogen-bond acceptors (Lipinski definition) is 0. The van der Waals surface area contributed by atoms with Crippen LogP contribution in [-0.4, -0.2) is 5.66 Å². The first-order chi connectivity index (χ1) is 13.9. The molecule has 1 atom stereocenters. The Morgan fingerprint density at radius 2 is 1.37 bits per heavy atom. The van der Waals surface area contributed by atoms with Crippen LogP contribution in [0.4, 0.5) is 0 Å². The third-order valence-corrected chi connectivity index (χ3v) is 9.15. The molecule has 0 spiro atoms. The van der Waals surface area contributed by atoms with Gasteiger partial charge in [-0.2, -0.15) is 11.1 Å². The molecule has 0 amide bonds. The van der Waals surface area contributed by atoms with E-state index in [9.17, 15) is 0 Å². The molecule has 2 heteroatoms. The Morgan fingerprint density at radius 1 is 0.833 bits per heavy atom. The minimum Gasteiger partial charge on any atom is -0.263 e. The molecule has 2 aromatic carbocycles. The molecule has 0 nitrogen and oxygen atoms in total. The van der Waals surface area contributed by atoms with Crippen LogP contribution < -0.4 is 10.6 Å². The van der Waals surface area contributed by atoms with Crippen molar-refractivity contribution in [3.05, 3.63) is 95.6 Å². The number of hydrogen-bond donors (Lipinski definition) is 0. The van der Waals surface area contributed by atoms with Gasteiger partial charge in [0.1, 0.15) is 0 Å². The molecular weight excluding hydrogens is 468 g/mol. The second kappa shape index (κ2) is 11.4. The minimum absolute atomic E-state index is 0. The molecule has 0 N–H and O–H groups in total. The van der Waals surface area contributed by atoms with Gasteiger partial charge in [-0.15, -0.1) is 6.92 Å². The number of allylic oxidation sites excluding steroid dienone is 6. The van der Waals surface area contributed by atoms with Gasteiger partial charge in [-0.1, -0.05) is 106 Å². The van der Waals surface area contributed by atoms with Gasteiger partial charge in [-0.05, 0) is 43.5 Å². The van der Waals surface area contributed by atoms with E-state index >= 15 is 0 Å². The molecular formula is C28H34PRu. The molecule has 1 unspecified atom stereocenters. The first-order valence-corrected chi connectivity index (χ1v) is 12.2. The molecule has 0 fully saturated rings. The Labute approximate surface area is 198 Å². The van der Waals surface area contributed by atoms with Crippen molar-refractivity contribution in [1.29, 1.82) is 0 Å². The molecule has 0 bridgehead atoms. The van der Waals surface area contributed by atoms with Crippen molar-refractivity contribution in [2.45, 2.75) is 59.5 Å². The summed E-state index contributed by atoms with van der Waals surface area (Å²) in [7, 11) is -0.220. The number of rotatable bonds is 3. The van der Waals surface area contributed by atoms with Crippen LogP contribution >= 0.6 is 7.92 Å². The molecule has 0 saturated heterocycles. The van der Waals surface area contributed by atoms with Crippen molar-refractivity contribution >= 4 is 18.5 Å². The Bertz CT molecular complexity index is 851. The fraction of sp³-hybridized carbons (Fsp3) is 0.357. The Hall–Kier alpha value is -1.29. The third kappa shape index (κ3) is 6.12. The zero-order valence-electron chi connectivity index (χ0n) is 18.9. The van der Waals surface area contributed by atoms with Crippen molar-refractivity contribution < 1.29 is 19.5 Å². The van der Waals surface area contributed by atoms with Crippen LogP contribution in [0.3, 0.4) is 0 Å². The molecule has 4 rings (SSSR count). The van der Waals surface area contributed by atoms with Crippen LogP contribution in [-0.2, 0) is 19.5 Å². The molecule has 2 aliphatic rings. The van der Waals surface area contributed by atoms with E-state index < -0.39 is 0 Å². The zero-order chi connectivity index (χ0) is 20.9. The standard InChI is InChI=1S/C18H19P.C10H15.Ru/c1-4-10-16(11-5-1)19(17-12-6-2-7-13-17)18-14-8-3-9-15-18;1-7-6-10(4,5)9(3)8(7)2;/h1-8,10-13,18H,9,14-15H2;1-5H3;/q;-1;+1. The maximum atomic E-state index is 3.44. The molecule has 2 aliphatic carbocycles. The summed E-state index contributed by atoms with van der Waals surface area (Å²) in [4.78, 5) is 0. The van der Waals surface area contributed by atoms with E-state index in [-0.39, 0.29) is 32.8 Å². The van der Waals surface area contributed by atoms with Gasteiger partial charge >= 0.3 is 19.5 Å². The fourth-order valence-electron chi connectivity index (χ4n) is 4.17. The predicted molar refractivity (Wildman–Crippen MR) is 130 cm³/mol. The fourth-order valence-corrected chi connectivity index (χ4v) is 7.03. The summed E-state index contributed by atoms with van der Waals surface area (Å²) >= 11 is 0. The van der Waals surface area contributed by atoms with E-state index in [1.54, 1.807) is 0 Å². The summed E-state index contributed by atoms with van der Waals surface area (Å²) in [6.07, 6.45) is 11.9. The largest absolute Gasteiger partial charge is 1.00 e. The van der Waals surface area contributed by atoms with Gasteiger partial charge in [0, 0.05) is 0 Å². The van der Waals surface area contributed by atoms with E-state index in [1.807, 2.05) is 0 Å². The molecule has 0 saturated carbocycles. The minimum atomic E-state index is -0.220. The van der Waals surface area contributed by atoms with Crippen molar-refractivity contribution in [2.75, 3.05) is 0 Å². The van der Waals surface area contributed by atoms with Gasteiger partial charge in [0.15, 0.2) is 0 Å². The first kappa shape index (κ1) is 25.0. The average molecular weight is 503 g/mol. The van der Waals surface area contributed by atoms with Crippen LogP contribution in [0.2, 0.25) is 0 Å². The van der Waals surface area contributed by atoms with Crippen LogP contribution in [0.1, 0.15) is 53.9 Å². The van der Waals surface area contributed by atoms with Crippen molar-refractivity contribution in [3.8, 4) is 0 Å². The molecule has 2 aromatic rings. The smallest absolute Gasteiger partial charge is 0.263 e. The summed E-state index contributed by atoms with van der Waals surface area (Å²) in [5.74, 6) is 0. The summed E-state index contributed by atoms with van der Waals surface area (Å²) < 4.78 is 0. The number of benzene rings is 2. The van der Waals surface area contributed by atoms with Crippen LogP contribution in [0, 0.1) is 11.5 Å². The Morgan fingerprint density at radius 3 is 1.70 bits per heavy atom. The van der Waals surface area contributed by atoms with Gasteiger partial charge in [0.05, 0.1) is 0 Å². The molecule has 0 heterocycles. The van der Waals surface area contributed by atoms with Gasteiger partial charge in [-0.3, -0.25) is 6.08 Å². The van der Waals surface area contributed by atoms with Gasteiger partial charge in [0.2, 0.25) is 0 Å².